The maximum Gasteiger partial charge on any atom is 0.0184 e. The highest BCUT2D eigenvalue weighted by molar-refractivity contribution is 7.99. The first-order valence-electron chi connectivity index (χ1n) is 3.36. The van der Waals surface area contributed by atoms with Crippen molar-refractivity contribution < 1.29 is 0 Å². The van der Waals surface area contributed by atoms with Gasteiger partial charge in [0.2, 0.25) is 0 Å². The Labute approximate surface area is 76.8 Å². The standard InChI is InChI=1S/C9H11S2/c1-10-7-8-3-5-9(11-2)6-4-8/h3-6H,1,7H2,2H3. The van der Waals surface area contributed by atoms with Gasteiger partial charge in [-0.15, -0.1) is 11.8 Å². The van der Waals surface area contributed by atoms with Crippen molar-refractivity contribution in [3.63, 3.8) is 0 Å². The number of thioether (sulfide) groups is 2. The highest BCUT2D eigenvalue weighted by Gasteiger charge is 1.91. The molecular formula is C9H11S2. The summed E-state index contributed by atoms with van der Waals surface area (Å²) in [6.45, 7) is 0. The molecule has 0 unspecified atom stereocenters. The second kappa shape index (κ2) is 4.73. The van der Waals surface area contributed by atoms with E-state index in [1.54, 1.807) is 23.5 Å². The van der Waals surface area contributed by atoms with Gasteiger partial charge >= 0.3 is 0 Å². The average molecular weight is 183 g/mol. The van der Waals surface area contributed by atoms with Crippen LogP contribution in [0.25, 0.3) is 0 Å². The van der Waals surface area contributed by atoms with Crippen LogP contribution in [0.1, 0.15) is 5.56 Å². The quantitative estimate of drug-likeness (QED) is 0.658. The van der Waals surface area contributed by atoms with Gasteiger partial charge in [0.1, 0.15) is 0 Å². The van der Waals surface area contributed by atoms with Crippen molar-refractivity contribution in [2.75, 3.05) is 6.26 Å². The molecule has 0 spiro atoms. The molecule has 0 nitrogen and oxygen atoms in total. The van der Waals surface area contributed by atoms with Gasteiger partial charge < -0.3 is 0 Å². The predicted molar refractivity (Wildman–Crippen MR) is 54.9 cm³/mol. The van der Waals surface area contributed by atoms with Gasteiger partial charge in [0.05, 0.1) is 0 Å². The minimum atomic E-state index is 1.01. The summed E-state index contributed by atoms with van der Waals surface area (Å²) in [6, 6.07) is 8.61. The van der Waals surface area contributed by atoms with E-state index >= 15 is 0 Å². The fourth-order valence-electron chi connectivity index (χ4n) is 0.840. The first kappa shape index (κ1) is 9.01. The molecule has 0 saturated heterocycles. The van der Waals surface area contributed by atoms with Crippen molar-refractivity contribution in [2.24, 2.45) is 0 Å². The second-order valence-electron chi connectivity index (χ2n) is 2.20. The third-order valence-corrected chi connectivity index (χ3v) is 2.71. The van der Waals surface area contributed by atoms with E-state index in [1.165, 1.54) is 10.5 Å². The Morgan fingerprint density at radius 1 is 1.27 bits per heavy atom. The maximum absolute atomic E-state index is 3.74. The van der Waals surface area contributed by atoms with Gasteiger partial charge in [-0.05, 0) is 24.0 Å². The molecule has 1 aromatic carbocycles. The van der Waals surface area contributed by atoms with Gasteiger partial charge in [-0.2, -0.15) is 11.8 Å². The fourth-order valence-corrected chi connectivity index (χ4v) is 1.68. The number of benzene rings is 1. The third-order valence-electron chi connectivity index (χ3n) is 1.43. The zero-order valence-electron chi connectivity index (χ0n) is 6.54. The summed E-state index contributed by atoms with van der Waals surface area (Å²) in [5.41, 5.74) is 1.35. The van der Waals surface area contributed by atoms with E-state index in [1.807, 2.05) is 0 Å². The van der Waals surface area contributed by atoms with Gasteiger partial charge in [-0.25, -0.2) is 0 Å². The summed E-state index contributed by atoms with van der Waals surface area (Å²) in [6.07, 6.45) is 5.82. The van der Waals surface area contributed by atoms with Crippen LogP contribution in [0.3, 0.4) is 0 Å². The van der Waals surface area contributed by atoms with E-state index in [-0.39, 0.29) is 0 Å². The average Bonchev–Trinajstić information content (AvgIpc) is 2.07. The lowest BCUT2D eigenvalue weighted by molar-refractivity contribution is 1.35. The molecule has 0 aliphatic rings. The molecule has 0 saturated carbocycles. The largest absolute Gasteiger partial charge is 0.156 e. The second-order valence-corrected chi connectivity index (χ2v) is 3.77. The van der Waals surface area contributed by atoms with Crippen LogP contribution in [0, 0.1) is 6.26 Å². The molecule has 11 heavy (non-hydrogen) atoms. The summed E-state index contributed by atoms with van der Waals surface area (Å²) in [5.74, 6) is 1.01. The van der Waals surface area contributed by atoms with Crippen LogP contribution in [-0.4, -0.2) is 6.26 Å². The van der Waals surface area contributed by atoms with Crippen LogP contribution in [0.5, 0.6) is 0 Å². The highest BCUT2D eigenvalue weighted by atomic mass is 32.2. The molecule has 1 radical (unpaired) electrons. The van der Waals surface area contributed by atoms with Crippen LogP contribution in [0.15, 0.2) is 29.2 Å². The lowest BCUT2D eigenvalue weighted by Gasteiger charge is -1.98. The van der Waals surface area contributed by atoms with Gasteiger partial charge in [0, 0.05) is 16.9 Å². The van der Waals surface area contributed by atoms with Crippen LogP contribution < -0.4 is 0 Å². The first-order chi connectivity index (χ1) is 5.36. The SMILES string of the molecule is [CH2]SCc1ccc(SC)cc1. The van der Waals surface area contributed by atoms with Crippen molar-refractivity contribution >= 4 is 23.5 Å². The molecule has 0 bridgehead atoms. The molecule has 0 aliphatic heterocycles. The van der Waals surface area contributed by atoms with Gasteiger partial charge in [0.25, 0.3) is 0 Å². The molecule has 0 aliphatic carbocycles. The van der Waals surface area contributed by atoms with Crippen LogP contribution >= 0.6 is 23.5 Å². The topological polar surface area (TPSA) is 0 Å². The molecule has 0 N–H and O–H groups in total. The molecule has 2 heteroatoms. The Morgan fingerprint density at radius 3 is 2.36 bits per heavy atom. The molecule has 0 amide bonds. The smallest absolute Gasteiger partial charge is 0.0184 e. The molecule has 0 atom stereocenters. The van der Waals surface area contributed by atoms with Gasteiger partial charge in [0.15, 0.2) is 0 Å². The van der Waals surface area contributed by atoms with Crippen molar-refractivity contribution in [3.05, 3.63) is 36.1 Å². The molecular weight excluding hydrogens is 172 g/mol. The first-order valence-corrected chi connectivity index (χ1v) is 5.74. The summed E-state index contributed by atoms with van der Waals surface area (Å²) in [5, 5.41) is 0. The molecule has 59 valence electrons. The normalized spacial score (nSPS) is 10.0. The summed E-state index contributed by atoms with van der Waals surface area (Å²) in [4.78, 5) is 1.32. The number of rotatable bonds is 3. The number of hydrogen-bond acceptors (Lipinski definition) is 2. The van der Waals surface area contributed by atoms with Gasteiger partial charge in [-0.3, -0.25) is 0 Å². The van der Waals surface area contributed by atoms with Crippen molar-refractivity contribution in [2.45, 2.75) is 10.6 Å². The zero-order chi connectivity index (χ0) is 8.10. The van der Waals surface area contributed by atoms with Crippen molar-refractivity contribution in [1.29, 1.82) is 0 Å². The van der Waals surface area contributed by atoms with Crippen LogP contribution in [0.2, 0.25) is 0 Å². The Bertz CT molecular complexity index is 203. The zero-order valence-corrected chi connectivity index (χ0v) is 8.17. The molecule has 0 fully saturated rings. The maximum atomic E-state index is 3.74. The lowest BCUT2D eigenvalue weighted by Crippen LogP contribution is -1.77. The Morgan fingerprint density at radius 2 is 1.91 bits per heavy atom. The summed E-state index contributed by atoms with van der Waals surface area (Å²) in [7, 11) is 0. The predicted octanol–water partition coefficient (Wildman–Crippen LogP) is 3.43. The van der Waals surface area contributed by atoms with Crippen molar-refractivity contribution in [3.8, 4) is 0 Å². The van der Waals surface area contributed by atoms with E-state index in [2.05, 4.69) is 36.8 Å². The van der Waals surface area contributed by atoms with E-state index in [0.29, 0.717) is 0 Å². The minimum absolute atomic E-state index is 1.01. The van der Waals surface area contributed by atoms with E-state index < -0.39 is 0 Å². The molecule has 0 aromatic heterocycles. The number of hydrogen-bond donors (Lipinski definition) is 0. The van der Waals surface area contributed by atoms with E-state index in [0.717, 1.165) is 5.75 Å². The molecule has 1 rings (SSSR count). The summed E-state index contributed by atoms with van der Waals surface area (Å²) >= 11 is 3.38. The minimum Gasteiger partial charge on any atom is -0.156 e. The van der Waals surface area contributed by atoms with E-state index in [9.17, 15) is 0 Å². The Hall–Kier alpha value is -0.0800. The Kier molecular flexibility index (Phi) is 3.87. The summed E-state index contributed by atoms with van der Waals surface area (Å²) < 4.78 is 0. The third kappa shape index (κ3) is 2.80. The van der Waals surface area contributed by atoms with Crippen LogP contribution in [-0.2, 0) is 5.75 Å². The lowest BCUT2D eigenvalue weighted by atomic mass is 10.2. The van der Waals surface area contributed by atoms with Crippen LogP contribution in [0.4, 0.5) is 0 Å². The van der Waals surface area contributed by atoms with Crippen molar-refractivity contribution in [1.82, 2.24) is 0 Å². The Balaban J connectivity index is 2.66. The fraction of sp³-hybridized carbons (Fsp3) is 0.222. The molecule has 0 heterocycles. The monoisotopic (exact) mass is 183 g/mol. The van der Waals surface area contributed by atoms with Gasteiger partial charge in [-0.1, -0.05) is 12.1 Å². The highest BCUT2D eigenvalue weighted by Crippen LogP contribution is 2.17. The van der Waals surface area contributed by atoms with E-state index in [4.69, 9.17) is 0 Å². The molecule has 1 aromatic rings.